The number of amides is 1. The fourth-order valence-corrected chi connectivity index (χ4v) is 4.44. The van der Waals surface area contributed by atoms with Gasteiger partial charge in [-0.05, 0) is 40.2 Å². The zero-order chi connectivity index (χ0) is 15.7. The van der Waals surface area contributed by atoms with E-state index < -0.39 is 0 Å². The molecular weight excluding hydrogens is 316 g/mol. The molecule has 0 saturated carbocycles. The Labute approximate surface area is 138 Å². The summed E-state index contributed by atoms with van der Waals surface area (Å²) in [6.45, 7) is 7.01. The van der Waals surface area contributed by atoms with E-state index in [0.717, 1.165) is 40.7 Å². The van der Waals surface area contributed by atoms with E-state index in [4.69, 9.17) is 0 Å². The predicted molar refractivity (Wildman–Crippen MR) is 91.5 cm³/mol. The third-order valence-electron chi connectivity index (χ3n) is 3.86. The summed E-state index contributed by atoms with van der Waals surface area (Å²) in [5, 5.41) is 10.0. The van der Waals surface area contributed by atoms with Crippen LogP contribution in [-0.4, -0.2) is 28.5 Å². The lowest BCUT2D eigenvalue weighted by atomic mass is 9.93. The lowest BCUT2D eigenvalue weighted by molar-refractivity contribution is -0.120. The van der Waals surface area contributed by atoms with Crippen molar-refractivity contribution in [3.63, 3.8) is 0 Å². The molecule has 3 heterocycles. The van der Waals surface area contributed by atoms with Gasteiger partial charge in [-0.1, -0.05) is 0 Å². The van der Waals surface area contributed by atoms with E-state index in [1.54, 1.807) is 11.3 Å². The van der Waals surface area contributed by atoms with Crippen molar-refractivity contribution in [3.8, 4) is 10.6 Å². The number of thiazole rings is 2. The highest BCUT2D eigenvalue weighted by Crippen LogP contribution is 2.32. The molecule has 1 amide bonds. The largest absolute Gasteiger partial charge is 0.314 e. The number of piperidine rings is 1. The Kier molecular flexibility index (Phi) is 4.56. The Morgan fingerprint density at radius 2 is 2.23 bits per heavy atom. The van der Waals surface area contributed by atoms with E-state index in [1.807, 2.05) is 19.2 Å². The van der Waals surface area contributed by atoms with E-state index in [9.17, 15) is 4.79 Å². The lowest BCUT2D eigenvalue weighted by Crippen LogP contribution is -2.40. The van der Waals surface area contributed by atoms with Crippen LogP contribution in [0.1, 0.15) is 30.5 Å². The first kappa shape index (κ1) is 15.6. The molecule has 0 spiro atoms. The summed E-state index contributed by atoms with van der Waals surface area (Å²) in [4.78, 5) is 22.4. The van der Waals surface area contributed by atoms with Crippen LogP contribution in [0.2, 0.25) is 0 Å². The van der Waals surface area contributed by atoms with Gasteiger partial charge in [-0.3, -0.25) is 4.79 Å². The number of hydrogen-bond acceptors (Lipinski definition) is 6. The normalized spacial score (nSPS) is 21.8. The van der Waals surface area contributed by atoms with Gasteiger partial charge >= 0.3 is 0 Å². The summed E-state index contributed by atoms with van der Waals surface area (Å²) in [7, 11) is 0. The molecule has 1 aliphatic heterocycles. The van der Waals surface area contributed by atoms with Crippen molar-refractivity contribution in [2.75, 3.05) is 11.9 Å². The van der Waals surface area contributed by atoms with Gasteiger partial charge in [-0.15, -0.1) is 22.7 Å². The molecule has 3 rings (SSSR count). The number of aryl methyl sites for hydroxylation is 2. The van der Waals surface area contributed by atoms with Crippen molar-refractivity contribution in [1.29, 1.82) is 0 Å². The number of carbonyl (C=O) groups excluding carboxylic acids is 1. The summed E-state index contributed by atoms with van der Waals surface area (Å²) in [5.41, 5.74) is 1.90. The van der Waals surface area contributed by atoms with Crippen LogP contribution in [0, 0.1) is 19.8 Å². The second-order valence-corrected chi connectivity index (χ2v) is 7.81. The van der Waals surface area contributed by atoms with Crippen molar-refractivity contribution in [1.82, 2.24) is 15.3 Å². The summed E-state index contributed by atoms with van der Waals surface area (Å²) < 4.78 is 0. The van der Waals surface area contributed by atoms with E-state index in [1.165, 1.54) is 11.3 Å². The number of nitrogens with zero attached hydrogens (tertiary/aromatic N) is 2. The molecule has 1 aliphatic rings. The fraction of sp³-hybridized carbons (Fsp3) is 0.533. The van der Waals surface area contributed by atoms with Gasteiger partial charge in [-0.2, -0.15) is 0 Å². The standard InChI is InChI=1S/C15H20N4OS2/c1-8-6-11(4-5-16-8)14(20)19-15-18-12(7-21-15)13-9(2)17-10(3)22-13/h7-8,11,16H,4-6H2,1-3H3,(H,18,19,20)/t8-,11-/m0/s1. The number of nitrogens with one attached hydrogen (secondary N) is 2. The zero-order valence-corrected chi connectivity index (χ0v) is 14.6. The molecule has 2 aromatic heterocycles. The maximum atomic E-state index is 12.3. The molecule has 5 nitrogen and oxygen atoms in total. The maximum Gasteiger partial charge on any atom is 0.229 e. The second kappa shape index (κ2) is 6.44. The average Bonchev–Trinajstić information content (AvgIpc) is 3.05. The van der Waals surface area contributed by atoms with Crippen molar-refractivity contribution in [2.24, 2.45) is 5.92 Å². The van der Waals surface area contributed by atoms with Crippen molar-refractivity contribution < 1.29 is 4.79 Å². The van der Waals surface area contributed by atoms with Gasteiger partial charge in [-0.25, -0.2) is 9.97 Å². The Morgan fingerprint density at radius 3 is 2.91 bits per heavy atom. The molecule has 2 N–H and O–H groups in total. The fourth-order valence-electron chi connectivity index (χ4n) is 2.78. The van der Waals surface area contributed by atoms with E-state index in [2.05, 4.69) is 27.5 Å². The molecule has 0 radical (unpaired) electrons. The van der Waals surface area contributed by atoms with Gasteiger partial charge in [0, 0.05) is 17.3 Å². The van der Waals surface area contributed by atoms with E-state index in [-0.39, 0.29) is 11.8 Å². The Morgan fingerprint density at radius 1 is 1.41 bits per heavy atom. The molecule has 0 bridgehead atoms. The summed E-state index contributed by atoms with van der Waals surface area (Å²) in [6.07, 6.45) is 1.78. The van der Waals surface area contributed by atoms with E-state index >= 15 is 0 Å². The zero-order valence-electron chi connectivity index (χ0n) is 13.0. The van der Waals surface area contributed by atoms with Gasteiger partial charge in [0.1, 0.15) is 0 Å². The summed E-state index contributed by atoms with van der Waals surface area (Å²) in [6, 6.07) is 0.402. The van der Waals surface area contributed by atoms with E-state index in [0.29, 0.717) is 11.2 Å². The summed E-state index contributed by atoms with van der Waals surface area (Å²) in [5.74, 6) is 0.169. The predicted octanol–water partition coefficient (Wildman–Crippen LogP) is 3.21. The molecule has 1 fully saturated rings. The van der Waals surface area contributed by atoms with Gasteiger partial charge < -0.3 is 10.6 Å². The van der Waals surface area contributed by atoms with Gasteiger partial charge in [0.15, 0.2) is 5.13 Å². The summed E-state index contributed by atoms with van der Waals surface area (Å²) >= 11 is 3.12. The van der Waals surface area contributed by atoms with Crippen LogP contribution in [0.25, 0.3) is 10.6 Å². The van der Waals surface area contributed by atoms with Crippen LogP contribution >= 0.6 is 22.7 Å². The van der Waals surface area contributed by atoms with Gasteiger partial charge in [0.05, 0.1) is 21.3 Å². The lowest BCUT2D eigenvalue weighted by Gasteiger charge is -2.26. The number of aromatic nitrogens is 2. The Bertz CT molecular complexity index is 679. The molecule has 0 aliphatic carbocycles. The van der Waals surface area contributed by atoms with Crippen LogP contribution in [0.4, 0.5) is 5.13 Å². The number of rotatable bonds is 3. The smallest absolute Gasteiger partial charge is 0.229 e. The Balaban J connectivity index is 1.69. The molecule has 2 aromatic rings. The van der Waals surface area contributed by atoms with Gasteiger partial charge in [0.2, 0.25) is 5.91 Å². The minimum absolute atomic E-state index is 0.0796. The first-order chi connectivity index (χ1) is 10.5. The van der Waals surface area contributed by atoms with Crippen LogP contribution in [0.3, 0.4) is 0 Å². The third kappa shape index (κ3) is 3.37. The molecule has 0 aromatic carbocycles. The second-order valence-electron chi connectivity index (χ2n) is 5.75. The minimum Gasteiger partial charge on any atom is -0.314 e. The molecule has 7 heteroatoms. The number of hydrogen-bond donors (Lipinski definition) is 2. The minimum atomic E-state index is 0.0796. The first-order valence-electron chi connectivity index (χ1n) is 7.47. The van der Waals surface area contributed by atoms with Crippen molar-refractivity contribution in [3.05, 3.63) is 16.1 Å². The Hall–Kier alpha value is -1.31. The quantitative estimate of drug-likeness (QED) is 0.903. The molecular formula is C15H20N4OS2. The third-order valence-corrected chi connectivity index (χ3v) is 5.72. The average molecular weight is 336 g/mol. The highest BCUT2D eigenvalue weighted by atomic mass is 32.1. The van der Waals surface area contributed by atoms with Crippen LogP contribution < -0.4 is 10.6 Å². The van der Waals surface area contributed by atoms with Crippen molar-refractivity contribution >= 4 is 33.7 Å². The first-order valence-corrected chi connectivity index (χ1v) is 9.16. The molecule has 1 saturated heterocycles. The maximum absolute atomic E-state index is 12.3. The molecule has 0 unspecified atom stereocenters. The highest BCUT2D eigenvalue weighted by Gasteiger charge is 2.25. The van der Waals surface area contributed by atoms with Crippen LogP contribution in [-0.2, 0) is 4.79 Å². The number of carbonyl (C=O) groups is 1. The van der Waals surface area contributed by atoms with Crippen LogP contribution in [0.15, 0.2) is 5.38 Å². The number of anilines is 1. The topological polar surface area (TPSA) is 66.9 Å². The molecule has 2 atom stereocenters. The molecule has 118 valence electrons. The SMILES string of the molecule is Cc1nc(C)c(-c2csc(NC(=O)[C@H]3CCN[C@@H](C)C3)n2)s1. The van der Waals surface area contributed by atoms with Crippen molar-refractivity contribution in [2.45, 2.75) is 39.7 Å². The highest BCUT2D eigenvalue weighted by molar-refractivity contribution is 7.16. The van der Waals surface area contributed by atoms with Crippen LogP contribution in [0.5, 0.6) is 0 Å². The van der Waals surface area contributed by atoms with Gasteiger partial charge in [0.25, 0.3) is 0 Å². The molecule has 22 heavy (non-hydrogen) atoms. The monoisotopic (exact) mass is 336 g/mol.